The topological polar surface area (TPSA) is 86.1 Å². The first-order valence-corrected chi connectivity index (χ1v) is 5.35. The highest BCUT2D eigenvalue weighted by atomic mass is 32.1. The maximum Gasteiger partial charge on any atom is 0.303 e. The van der Waals surface area contributed by atoms with Gasteiger partial charge in [-0.05, 0) is 29.3 Å². The summed E-state index contributed by atoms with van der Waals surface area (Å²) in [5, 5.41) is 14.1. The monoisotopic (exact) mass is 225 g/mol. The van der Waals surface area contributed by atoms with Gasteiger partial charge in [-0.2, -0.15) is 0 Å². The van der Waals surface area contributed by atoms with Crippen molar-refractivity contribution in [3.63, 3.8) is 0 Å². The Morgan fingerprint density at radius 3 is 3.07 bits per heavy atom. The van der Waals surface area contributed by atoms with E-state index in [2.05, 4.69) is 10.0 Å². The van der Waals surface area contributed by atoms with E-state index < -0.39 is 5.97 Å². The second-order valence-electron chi connectivity index (χ2n) is 3.16. The van der Waals surface area contributed by atoms with E-state index in [1.807, 2.05) is 17.5 Å². The quantitative estimate of drug-likeness (QED) is 0.458. The first-order valence-electron chi connectivity index (χ1n) is 4.47. The van der Waals surface area contributed by atoms with Gasteiger partial charge in [0.1, 0.15) is 0 Å². The van der Waals surface area contributed by atoms with Crippen molar-refractivity contribution in [3.05, 3.63) is 32.8 Å². The van der Waals surface area contributed by atoms with Crippen molar-refractivity contribution >= 4 is 17.3 Å². The molecule has 80 valence electrons. The molecule has 1 aromatic heterocycles. The van der Waals surface area contributed by atoms with Crippen LogP contribution in [-0.4, -0.2) is 17.6 Å². The Hall–Kier alpha value is -1.52. The minimum Gasteiger partial charge on any atom is -0.481 e. The fraction of sp³-hybridized carbons (Fsp3) is 0.444. The molecule has 0 saturated heterocycles. The summed E-state index contributed by atoms with van der Waals surface area (Å²) in [5.41, 5.74) is 8.19. The van der Waals surface area contributed by atoms with Gasteiger partial charge in [-0.3, -0.25) is 4.79 Å². The Labute approximate surface area is 91.0 Å². The average molecular weight is 225 g/mol. The fourth-order valence-corrected chi connectivity index (χ4v) is 2.13. The molecule has 0 aliphatic carbocycles. The van der Waals surface area contributed by atoms with Crippen molar-refractivity contribution in [3.8, 4) is 0 Å². The summed E-state index contributed by atoms with van der Waals surface area (Å²) in [5.74, 6) is -0.971. The van der Waals surface area contributed by atoms with Gasteiger partial charge >= 0.3 is 5.97 Å². The summed E-state index contributed by atoms with van der Waals surface area (Å²) in [6.07, 6.45) is 0.694. The SMILES string of the molecule is [N-]=[N+]=NCC(CC(=O)O)Cc1cccs1. The zero-order valence-corrected chi connectivity index (χ0v) is 8.85. The molecular weight excluding hydrogens is 214 g/mol. The molecule has 0 aliphatic rings. The van der Waals surface area contributed by atoms with Crippen LogP contribution in [0.15, 0.2) is 22.6 Å². The first-order chi connectivity index (χ1) is 7.22. The van der Waals surface area contributed by atoms with E-state index in [1.54, 1.807) is 11.3 Å². The molecule has 0 amide bonds. The number of rotatable bonds is 6. The van der Waals surface area contributed by atoms with Crippen molar-refractivity contribution in [2.24, 2.45) is 11.0 Å². The number of carboxylic acids is 1. The number of thiophene rings is 1. The second kappa shape index (κ2) is 6.06. The molecule has 1 N–H and O–H groups in total. The van der Waals surface area contributed by atoms with Gasteiger partial charge in [-0.1, -0.05) is 11.2 Å². The first kappa shape index (κ1) is 11.6. The minimum absolute atomic E-state index is 0.0386. The summed E-state index contributed by atoms with van der Waals surface area (Å²) in [7, 11) is 0. The van der Waals surface area contributed by atoms with Crippen LogP contribution in [-0.2, 0) is 11.2 Å². The lowest BCUT2D eigenvalue weighted by atomic mass is 10.0. The Morgan fingerprint density at radius 2 is 2.53 bits per heavy atom. The molecular formula is C9H11N3O2S. The van der Waals surface area contributed by atoms with E-state index in [0.717, 1.165) is 4.88 Å². The normalized spacial score (nSPS) is 11.7. The smallest absolute Gasteiger partial charge is 0.303 e. The van der Waals surface area contributed by atoms with Crippen LogP contribution in [0, 0.1) is 5.92 Å². The third kappa shape index (κ3) is 4.49. The van der Waals surface area contributed by atoms with Gasteiger partial charge in [-0.25, -0.2) is 0 Å². The van der Waals surface area contributed by atoms with E-state index in [1.165, 1.54) is 0 Å². The summed E-state index contributed by atoms with van der Waals surface area (Å²) in [6, 6.07) is 3.88. The summed E-state index contributed by atoms with van der Waals surface area (Å²) in [4.78, 5) is 14.3. The van der Waals surface area contributed by atoms with Gasteiger partial charge in [0.2, 0.25) is 0 Å². The van der Waals surface area contributed by atoms with Crippen molar-refractivity contribution < 1.29 is 9.90 Å². The molecule has 1 atom stereocenters. The highest BCUT2D eigenvalue weighted by molar-refractivity contribution is 7.09. The van der Waals surface area contributed by atoms with E-state index in [0.29, 0.717) is 6.42 Å². The number of carbonyl (C=O) groups is 1. The van der Waals surface area contributed by atoms with Crippen LogP contribution >= 0.6 is 11.3 Å². The maximum atomic E-state index is 10.6. The summed E-state index contributed by atoms with van der Waals surface area (Å²) in [6.45, 7) is 0.237. The molecule has 15 heavy (non-hydrogen) atoms. The fourth-order valence-electron chi connectivity index (χ4n) is 1.31. The molecule has 1 aromatic rings. The average Bonchev–Trinajstić information content (AvgIpc) is 2.66. The Balaban J connectivity index is 2.55. The van der Waals surface area contributed by atoms with Gasteiger partial charge in [-0.15, -0.1) is 11.3 Å². The van der Waals surface area contributed by atoms with Gasteiger partial charge in [0.05, 0.1) is 0 Å². The summed E-state index contributed by atoms with van der Waals surface area (Å²) < 4.78 is 0. The minimum atomic E-state index is -0.857. The molecule has 0 aromatic carbocycles. The lowest BCUT2D eigenvalue weighted by Gasteiger charge is -2.09. The van der Waals surface area contributed by atoms with Crippen LogP contribution < -0.4 is 0 Å². The number of azide groups is 1. The number of hydrogen-bond donors (Lipinski definition) is 1. The number of carboxylic acid groups (broad SMARTS) is 1. The Bertz CT molecular complexity index is 353. The molecule has 0 fully saturated rings. The highest BCUT2D eigenvalue weighted by Crippen LogP contribution is 2.17. The lowest BCUT2D eigenvalue weighted by molar-refractivity contribution is -0.138. The van der Waals surface area contributed by atoms with Gasteiger partial charge in [0.15, 0.2) is 0 Å². The van der Waals surface area contributed by atoms with E-state index in [9.17, 15) is 4.79 Å². The van der Waals surface area contributed by atoms with Gasteiger partial charge in [0, 0.05) is 22.8 Å². The van der Waals surface area contributed by atoms with Crippen molar-refractivity contribution in [2.45, 2.75) is 12.8 Å². The van der Waals surface area contributed by atoms with Crippen molar-refractivity contribution in [1.82, 2.24) is 0 Å². The largest absolute Gasteiger partial charge is 0.481 e. The molecule has 1 heterocycles. The van der Waals surface area contributed by atoms with E-state index in [4.69, 9.17) is 10.6 Å². The van der Waals surface area contributed by atoms with Gasteiger partial charge in [0.25, 0.3) is 0 Å². The summed E-state index contributed by atoms with van der Waals surface area (Å²) >= 11 is 1.58. The predicted octanol–water partition coefficient (Wildman–Crippen LogP) is 2.69. The molecule has 0 spiro atoms. The zero-order valence-electron chi connectivity index (χ0n) is 8.04. The van der Waals surface area contributed by atoms with Crippen molar-refractivity contribution in [2.75, 3.05) is 6.54 Å². The van der Waals surface area contributed by atoms with Crippen LogP contribution in [0.2, 0.25) is 0 Å². The van der Waals surface area contributed by atoms with E-state index >= 15 is 0 Å². The van der Waals surface area contributed by atoms with Crippen LogP contribution in [0.25, 0.3) is 10.4 Å². The molecule has 0 saturated carbocycles. The van der Waals surface area contributed by atoms with Crippen LogP contribution in [0.5, 0.6) is 0 Å². The molecule has 5 nitrogen and oxygen atoms in total. The van der Waals surface area contributed by atoms with Crippen LogP contribution in [0.3, 0.4) is 0 Å². The van der Waals surface area contributed by atoms with Gasteiger partial charge < -0.3 is 5.11 Å². The van der Waals surface area contributed by atoms with Crippen LogP contribution in [0.4, 0.5) is 0 Å². The third-order valence-electron chi connectivity index (χ3n) is 1.94. The van der Waals surface area contributed by atoms with Crippen LogP contribution in [0.1, 0.15) is 11.3 Å². The maximum absolute atomic E-state index is 10.6. The van der Waals surface area contributed by atoms with E-state index in [-0.39, 0.29) is 18.9 Å². The number of hydrogen-bond acceptors (Lipinski definition) is 3. The molecule has 1 rings (SSSR count). The predicted molar refractivity (Wildman–Crippen MR) is 57.8 cm³/mol. The molecule has 0 radical (unpaired) electrons. The molecule has 6 heteroatoms. The second-order valence-corrected chi connectivity index (χ2v) is 4.19. The lowest BCUT2D eigenvalue weighted by Crippen LogP contribution is -2.13. The molecule has 1 unspecified atom stereocenters. The molecule has 0 bridgehead atoms. The number of aliphatic carboxylic acids is 1. The third-order valence-corrected chi connectivity index (χ3v) is 2.84. The zero-order chi connectivity index (χ0) is 11.1. The Kier molecular flexibility index (Phi) is 4.66. The number of nitrogens with zero attached hydrogens (tertiary/aromatic N) is 3. The standard InChI is InChI=1S/C9H11N3O2S/c10-12-11-6-7(5-9(13)14)4-8-2-1-3-15-8/h1-3,7H,4-6H2,(H,13,14). The molecule has 0 aliphatic heterocycles. The highest BCUT2D eigenvalue weighted by Gasteiger charge is 2.13. The Morgan fingerprint density at radius 1 is 1.73 bits per heavy atom. The van der Waals surface area contributed by atoms with Crippen molar-refractivity contribution in [1.29, 1.82) is 0 Å².